The molecule has 0 saturated carbocycles. The number of allylic oxidation sites excluding steroid dienone is 2. The van der Waals surface area contributed by atoms with E-state index in [1.807, 2.05) is 0 Å². The largest absolute Gasteiger partial charge is 0.394 e. The van der Waals surface area contributed by atoms with E-state index in [1.165, 1.54) is 0 Å². The molecule has 0 fully saturated rings. The van der Waals surface area contributed by atoms with Crippen molar-refractivity contribution in [2.24, 2.45) is 5.73 Å². The maximum atomic E-state index is 12.3. The molecule has 5 nitrogen and oxygen atoms in total. The van der Waals surface area contributed by atoms with Crippen molar-refractivity contribution in [3.8, 4) is 0 Å². The van der Waals surface area contributed by atoms with Crippen LogP contribution in [0.15, 0.2) is 35.7 Å². The number of nitrogens with two attached hydrogens (primary N) is 1. The van der Waals surface area contributed by atoms with Crippen molar-refractivity contribution in [3.05, 3.63) is 46.8 Å². The number of carbonyl (C=O) groups excluding carboxylic acids is 3. The van der Waals surface area contributed by atoms with Gasteiger partial charge in [0.25, 0.3) is 0 Å². The van der Waals surface area contributed by atoms with Crippen LogP contribution in [-0.4, -0.2) is 23.4 Å². The molecule has 0 unspecified atom stereocenters. The van der Waals surface area contributed by atoms with Gasteiger partial charge in [-0.2, -0.15) is 0 Å². The van der Waals surface area contributed by atoms with E-state index in [9.17, 15) is 14.4 Å². The summed E-state index contributed by atoms with van der Waals surface area (Å²) in [6.45, 7) is 0. The number of amides is 1. The molecule has 21 heavy (non-hydrogen) atoms. The molecule has 1 amide bonds. The fourth-order valence-electron chi connectivity index (χ4n) is 2.10. The summed E-state index contributed by atoms with van der Waals surface area (Å²) in [5.74, 6) is -0.753. The third-order valence-electron chi connectivity index (χ3n) is 3.21. The first kappa shape index (κ1) is 15.3. The SMILES string of the molecule is NC1=C(NC(=O)CCCCCl)C(=O)c2ccccc2C1=O. The minimum absolute atomic E-state index is 0.130. The second kappa shape index (κ2) is 6.54. The van der Waals surface area contributed by atoms with E-state index in [2.05, 4.69) is 5.32 Å². The van der Waals surface area contributed by atoms with Crippen molar-refractivity contribution in [1.82, 2.24) is 5.32 Å². The summed E-state index contributed by atoms with van der Waals surface area (Å²) in [6.07, 6.45) is 1.55. The van der Waals surface area contributed by atoms with Gasteiger partial charge in [-0.05, 0) is 12.8 Å². The Kier molecular flexibility index (Phi) is 4.75. The Morgan fingerprint density at radius 1 is 1.10 bits per heavy atom. The second-order valence-corrected chi connectivity index (χ2v) is 5.06. The van der Waals surface area contributed by atoms with Crippen LogP contribution in [0.25, 0.3) is 0 Å². The van der Waals surface area contributed by atoms with Crippen LogP contribution >= 0.6 is 11.6 Å². The number of nitrogens with one attached hydrogen (secondary N) is 1. The van der Waals surface area contributed by atoms with Gasteiger partial charge in [0.15, 0.2) is 0 Å². The van der Waals surface area contributed by atoms with Crippen molar-refractivity contribution < 1.29 is 14.4 Å². The Labute approximate surface area is 127 Å². The number of carbonyl (C=O) groups is 3. The second-order valence-electron chi connectivity index (χ2n) is 4.69. The minimum Gasteiger partial charge on any atom is -0.394 e. The summed E-state index contributed by atoms with van der Waals surface area (Å²) >= 11 is 5.54. The van der Waals surface area contributed by atoms with E-state index in [0.29, 0.717) is 18.7 Å². The van der Waals surface area contributed by atoms with E-state index < -0.39 is 11.6 Å². The van der Waals surface area contributed by atoms with Gasteiger partial charge in [0.05, 0.1) is 0 Å². The molecule has 6 heteroatoms. The number of Topliss-reactive ketones (excluding diaryl/α,β-unsaturated/α-hetero) is 2. The van der Waals surface area contributed by atoms with Crippen LogP contribution in [0, 0.1) is 0 Å². The molecule has 1 aromatic carbocycles. The minimum atomic E-state index is -0.443. The number of rotatable bonds is 5. The molecule has 0 aliphatic heterocycles. The van der Waals surface area contributed by atoms with Crippen molar-refractivity contribution in [1.29, 1.82) is 0 Å². The Hall–Kier alpha value is -2.14. The van der Waals surface area contributed by atoms with Crippen molar-refractivity contribution in [2.75, 3.05) is 5.88 Å². The molecule has 110 valence electrons. The standard InChI is InChI=1S/C15H15ClN2O3/c16-8-4-3-7-11(19)18-13-12(17)14(20)9-5-1-2-6-10(9)15(13)21/h1-2,5-6H,3-4,7-8,17H2,(H,18,19). The zero-order valence-electron chi connectivity index (χ0n) is 11.3. The van der Waals surface area contributed by atoms with Gasteiger partial charge < -0.3 is 11.1 Å². The fraction of sp³-hybridized carbons (Fsp3) is 0.267. The summed E-state index contributed by atoms with van der Waals surface area (Å²) in [5.41, 5.74) is 5.88. The third-order valence-corrected chi connectivity index (χ3v) is 3.48. The lowest BCUT2D eigenvalue weighted by molar-refractivity contribution is -0.120. The van der Waals surface area contributed by atoms with Gasteiger partial charge in [-0.15, -0.1) is 11.6 Å². The summed E-state index contributed by atoms with van der Waals surface area (Å²) in [5, 5.41) is 2.45. The summed E-state index contributed by atoms with van der Waals surface area (Å²) < 4.78 is 0. The van der Waals surface area contributed by atoms with Crippen LogP contribution in [0.1, 0.15) is 40.0 Å². The first-order valence-corrected chi connectivity index (χ1v) is 7.13. The molecule has 3 N–H and O–H groups in total. The number of alkyl halides is 1. The highest BCUT2D eigenvalue weighted by Gasteiger charge is 2.31. The molecule has 1 aliphatic carbocycles. The van der Waals surface area contributed by atoms with Gasteiger partial charge in [-0.3, -0.25) is 14.4 Å². The van der Waals surface area contributed by atoms with Crippen LogP contribution < -0.4 is 11.1 Å². The van der Waals surface area contributed by atoms with Gasteiger partial charge in [0, 0.05) is 23.4 Å². The van der Waals surface area contributed by atoms with Crippen molar-refractivity contribution in [3.63, 3.8) is 0 Å². The van der Waals surface area contributed by atoms with E-state index in [4.69, 9.17) is 17.3 Å². The molecule has 2 rings (SSSR count). The topological polar surface area (TPSA) is 89.3 Å². The summed E-state index contributed by atoms with van der Waals surface area (Å²) in [4.78, 5) is 36.2. The van der Waals surface area contributed by atoms with Crippen LogP contribution in [0.4, 0.5) is 0 Å². The predicted molar refractivity (Wildman–Crippen MR) is 79.0 cm³/mol. The highest BCUT2D eigenvalue weighted by atomic mass is 35.5. The van der Waals surface area contributed by atoms with Crippen LogP contribution in [-0.2, 0) is 4.79 Å². The zero-order valence-corrected chi connectivity index (χ0v) is 12.1. The number of hydrogen-bond donors (Lipinski definition) is 2. The maximum Gasteiger partial charge on any atom is 0.224 e. The lowest BCUT2D eigenvalue weighted by Crippen LogP contribution is -2.36. The van der Waals surface area contributed by atoms with Crippen LogP contribution in [0.5, 0.6) is 0 Å². The number of fused-ring (bicyclic) bond motifs is 1. The number of hydrogen-bond acceptors (Lipinski definition) is 4. The van der Waals surface area contributed by atoms with Gasteiger partial charge in [0.2, 0.25) is 17.5 Å². The van der Waals surface area contributed by atoms with Crippen molar-refractivity contribution in [2.45, 2.75) is 19.3 Å². The Morgan fingerprint density at radius 3 is 2.33 bits per heavy atom. The molecule has 0 atom stereocenters. The fourth-order valence-corrected chi connectivity index (χ4v) is 2.29. The highest BCUT2D eigenvalue weighted by Crippen LogP contribution is 2.22. The van der Waals surface area contributed by atoms with E-state index in [-0.39, 0.29) is 34.8 Å². The smallest absolute Gasteiger partial charge is 0.224 e. The summed E-state index contributed by atoms with van der Waals surface area (Å²) in [6, 6.07) is 6.40. The molecule has 0 saturated heterocycles. The molecule has 0 aromatic heterocycles. The normalized spacial score (nSPS) is 14.1. The first-order valence-electron chi connectivity index (χ1n) is 6.60. The Morgan fingerprint density at radius 2 is 1.71 bits per heavy atom. The molecule has 0 radical (unpaired) electrons. The highest BCUT2D eigenvalue weighted by molar-refractivity contribution is 6.27. The van der Waals surface area contributed by atoms with Gasteiger partial charge in [-0.1, -0.05) is 24.3 Å². The molecular formula is C15H15ClN2O3. The molecule has 1 aliphatic rings. The van der Waals surface area contributed by atoms with Crippen LogP contribution in [0.3, 0.4) is 0 Å². The number of benzene rings is 1. The molecular weight excluding hydrogens is 292 g/mol. The Balaban J connectivity index is 2.20. The van der Waals surface area contributed by atoms with Gasteiger partial charge in [-0.25, -0.2) is 0 Å². The van der Waals surface area contributed by atoms with Gasteiger partial charge in [0.1, 0.15) is 11.4 Å². The number of unbranched alkanes of at least 4 members (excludes halogenated alkanes) is 1. The zero-order chi connectivity index (χ0) is 15.4. The lowest BCUT2D eigenvalue weighted by Gasteiger charge is -2.18. The third kappa shape index (κ3) is 3.13. The first-order chi connectivity index (χ1) is 10.1. The molecule has 0 bridgehead atoms. The quantitative estimate of drug-likeness (QED) is 0.641. The van der Waals surface area contributed by atoms with E-state index in [1.54, 1.807) is 24.3 Å². The average Bonchev–Trinajstić information content (AvgIpc) is 2.49. The molecule has 0 spiro atoms. The number of halogens is 1. The van der Waals surface area contributed by atoms with E-state index in [0.717, 1.165) is 0 Å². The summed E-state index contributed by atoms with van der Waals surface area (Å²) in [7, 11) is 0. The van der Waals surface area contributed by atoms with Gasteiger partial charge >= 0.3 is 0 Å². The van der Waals surface area contributed by atoms with Crippen molar-refractivity contribution >= 4 is 29.1 Å². The number of ketones is 2. The van der Waals surface area contributed by atoms with E-state index >= 15 is 0 Å². The maximum absolute atomic E-state index is 12.3. The average molecular weight is 307 g/mol. The molecule has 0 heterocycles. The lowest BCUT2D eigenvalue weighted by atomic mass is 9.90. The Bertz CT molecular complexity index is 638. The monoisotopic (exact) mass is 306 g/mol. The molecule has 1 aromatic rings. The van der Waals surface area contributed by atoms with Crippen LogP contribution in [0.2, 0.25) is 0 Å². The predicted octanol–water partition coefficient (Wildman–Crippen LogP) is 1.76.